The lowest BCUT2D eigenvalue weighted by Gasteiger charge is -2.01. The first-order chi connectivity index (χ1) is 11.8. The number of allylic oxidation sites excluding steroid dienone is 1. The third-order valence-corrected chi connectivity index (χ3v) is 4.36. The van der Waals surface area contributed by atoms with Crippen molar-refractivity contribution in [2.45, 2.75) is 17.8 Å². The molecular weight excluding hydrogens is 316 g/mol. The molecule has 1 heterocycles. The Labute approximate surface area is 145 Å². The van der Waals surface area contributed by atoms with Crippen LogP contribution in [0.2, 0.25) is 0 Å². The van der Waals surface area contributed by atoms with Gasteiger partial charge in [-0.3, -0.25) is 0 Å². The number of hydrogen-bond donors (Lipinski definition) is 0. The summed E-state index contributed by atoms with van der Waals surface area (Å²) in [5.74, 6) is 0.842. The van der Waals surface area contributed by atoms with Crippen LogP contribution in [0.4, 0.5) is 0 Å². The molecule has 0 saturated heterocycles. The summed E-state index contributed by atoms with van der Waals surface area (Å²) in [6.07, 6.45) is 7.27. The third kappa shape index (κ3) is 4.67. The first-order valence-corrected chi connectivity index (χ1v) is 8.64. The average molecular weight is 334 g/mol. The molecule has 0 saturated carbocycles. The lowest BCUT2D eigenvalue weighted by atomic mass is 10.2. The first kappa shape index (κ1) is 16.2. The lowest BCUT2D eigenvalue weighted by molar-refractivity contribution is 0.767. The van der Waals surface area contributed by atoms with Gasteiger partial charge >= 0.3 is 0 Å². The van der Waals surface area contributed by atoms with Gasteiger partial charge in [0.1, 0.15) is 6.33 Å². The van der Waals surface area contributed by atoms with Crippen LogP contribution in [0.1, 0.15) is 16.7 Å². The molecule has 5 heteroatoms. The summed E-state index contributed by atoms with van der Waals surface area (Å²) < 4.78 is 1.69. The third-order valence-electron chi connectivity index (χ3n) is 3.35. The van der Waals surface area contributed by atoms with E-state index in [2.05, 4.69) is 46.5 Å². The van der Waals surface area contributed by atoms with Gasteiger partial charge < -0.3 is 0 Å². The second-order valence-corrected chi connectivity index (χ2v) is 6.21. The molecule has 0 N–H and O–H groups in total. The van der Waals surface area contributed by atoms with Crippen molar-refractivity contribution in [3.63, 3.8) is 0 Å². The molecule has 24 heavy (non-hydrogen) atoms. The van der Waals surface area contributed by atoms with Gasteiger partial charge in [0.15, 0.2) is 0 Å². The number of thioether (sulfide) groups is 1. The summed E-state index contributed by atoms with van der Waals surface area (Å²) in [7, 11) is 0. The van der Waals surface area contributed by atoms with Crippen molar-refractivity contribution >= 4 is 24.1 Å². The smallest absolute Gasteiger partial charge is 0.195 e. The molecule has 0 aliphatic heterocycles. The van der Waals surface area contributed by atoms with Gasteiger partial charge in [-0.15, -0.1) is 10.2 Å². The summed E-state index contributed by atoms with van der Waals surface area (Å²) >= 11 is 1.62. The van der Waals surface area contributed by atoms with E-state index in [1.807, 2.05) is 42.5 Å². The van der Waals surface area contributed by atoms with Crippen molar-refractivity contribution in [2.75, 3.05) is 0 Å². The fourth-order valence-corrected chi connectivity index (χ4v) is 2.87. The van der Waals surface area contributed by atoms with Crippen LogP contribution in [0.5, 0.6) is 0 Å². The van der Waals surface area contributed by atoms with E-state index in [-0.39, 0.29) is 0 Å². The Hall–Kier alpha value is -2.66. The molecule has 0 bridgehead atoms. The van der Waals surface area contributed by atoms with Crippen molar-refractivity contribution < 1.29 is 0 Å². The molecule has 0 amide bonds. The predicted octanol–water partition coefficient (Wildman–Crippen LogP) is 4.43. The number of benzene rings is 2. The normalized spacial score (nSPS) is 11.5. The second kappa shape index (κ2) is 8.26. The molecule has 120 valence electrons. The standard InChI is InChI=1S/C19H18N4S/c1-16-9-11-18(12-10-16)14-24-19-22-20-15-23(19)21-13-5-8-17-6-3-2-4-7-17/h2-13,15H,14H2,1H3/b8-5-,21-13-. The SMILES string of the molecule is Cc1ccc(CSc2nncn2/N=C\C=C/c2ccccc2)cc1. The van der Waals surface area contributed by atoms with E-state index < -0.39 is 0 Å². The van der Waals surface area contributed by atoms with Gasteiger partial charge in [0.05, 0.1) is 0 Å². The zero-order chi connectivity index (χ0) is 16.6. The van der Waals surface area contributed by atoms with Gasteiger partial charge in [-0.2, -0.15) is 9.78 Å². The molecule has 3 rings (SSSR count). The molecule has 0 aliphatic rings. The van der Waals surface area contributed by atoms with Crippen LogP contribution >= 0.6 is 11.8 Å². The molecule has 1 aromatic heterocycles. The lowest BCUT2D eigenvalue weighted by Crippen LogP contribution is -1.91. The van der Waals surface area contributed by atoms with Gasteiger partial charge in [-0.1, -0.05) is 78.0 Å². The molecule has 4 nitrogen and oxygen atoms in total. The van der Waals surface area contributed by atoms with E-state index >= 15 is 0 Å². The molecule has 0 atom stereocenters. The number of aryl methyl sites for hydroxylation is 1. The van der Waals surface area contributed by atoms with E-state index in [9.17, 15) is 0 Å². The van der Waals surface area contributed by atoms with Crippen molar-refractivity contribution in [2.24, 2.45) is 5.10 Å². The van der Waals surface area contributed by atoms with Crippen LogP contribution in [-0.2, 0) is 5.75 Å². The van der Waals surface area contributed by atoms with Gasteiger partial charge in [0, 0.05) is 12.0 Å². The molecule has 0 fully saturated rings. The van der Waals surface area contributed by atoms with E-state index in [1.54, 1.807) is 29.0 Å². The Morgan fingerprint density at radius 3 is 2.67 bits per heavy atom. The Morgan fingerprint density at radius 1 is 1.08 bits per heavy atom. The summed E-state index contributed by atoms with van der Waals surface area (Å²) in [5, 5.41) is 13.2. The quantitative estimate of drug-likeness (QED) is 0.495. The van der Waals surface area contributed by atoms with Crippen molar-refractivity contribution in [1.29, 1.82) is 0 Å². The number of hydrogen-bond acceptors (Lipinski definition) is 4. The summed E-state index contributed by atoms with van der Waals surface area (Å²) in [6, 6.07) is 18.6. The first-order valence-electron chi connectivity index (χ1n) is 7.66. The van der Waals surface area contributed by atoms with Crippen LogP contribution in [-0.4, -0.2) is 21.1 Å². The summed E-state index contributed by atoms with van der Waals surface area (Å²) in [4.78, 5) is 0. The van der Waals surface area contributed by atoms with E-state index in [0.29, 0.717) is 0 Å². The van der Waals surface area contributed by atoms with Crippen LogP contribution in [0.3, 0.4) is 0 Å². The number of aromatic nitrogens is 3. The molecular formula is C19H18N4S. The van der Waals surface area contributed by atoms with Gasteiger partial charge in [-0.25, -0.2) is 0 Å². The maximum Gasteiger partial charge on any atom is 0.212 e. The molecule has 2 aromatic carbocycles. The maximum atomic E-state index is 4.37. The molecule has 3 aromatic rings. The van der Waals surface area contributed by atoms with Gasteiger partial charge in [0.2, 0.25) is 5.16 Å². The highest BCUT2D eigenvalue weighted by Gasteiger charge is 2.04. The highest BCUT2D eigenvalue weighted by atomic mass is 32.2. The van der Waals surface area contributed by atoms with Crippen LogP contribution in [0.15, 0.2) is 77.3 Å². The van der Waals surface area contributed by atoms with Gasteiger partial charge in [0.25, 0.3) is 0 Å². The molecule has 0 aliphatic carbocycles. The fraction of sp³-hybridized carbons (Fsp3) is 0.105. The minimum atomic E-state index is 0.778. The average Bonchev–Trinajstić information content (AvgIpc) is 3.07. The zero-order valence-electron chi connectivity index (χ0n) is 13.4. The monoisotopic (exact) mass is 334 g/mol. The van der Waals surface area contributed by atoms with Gasteiger partial charge in [-0.05, 0) is 24.1 Å². The fourth-order valence-electron chi connectivity index (χ4n) is 2.05. The van der Waals surface area contributed by atoms with Crippen LogP contribution < -0.4 is 0 Å². The van der Waals surface area contributed by atoms with Crippen LogP contribution in [0.25, 0.3) is 6.08 Å². The Kier molecular flexibility index (Phi) is 5.58. The largest absolute Gasteiger partial charge is 0.212 e. The Bertz CT molecular complexity index is 820. The minimum absolute atomic E-state index is 0.778. The van der Waals surface area contributed by atoms with Crippen molar-refractivity contribution in [3.8, 4) is 0 Å². The molecule has 0 unspecified atom stereocenters. The van der Waals surface area contributed by atoms with E-state index in [0.717, 1.165) is 16.5 Å². The maximum absolute atomic E-state index is 4.37. The number of rotatable bonds is 6. The Morgan fingerprint density at radius 2 is 1.88 bits per heavy atom. The van der Waals surface area contributed by atoms with Crippen LogP contribution in [0, 0.1) is 6.92 Å². The van der Waals surface area contributed by atoms with E-state index in [4.69, 9.17) is 0 Å². The topological polar surface area (TPSA) is 43.1 Å². The highest BCUT2D eigenvalue weighted by molar-refractivity contribution is 7.98. The zero-order valence-corrected chi connectivity index (χ0v) is 14.2. The molecule has 0 spiro atoms. The predicted molar refractivity (Wildman–Crippen MR) is 100 cm³/mol. The highest BCUT2D eigenvalue weighted by Crippen LogP contribution is 2.20. The van der Waals surface area contributed by atoms with Crippen molar-refractivity contribution in [1.82, 2.24) is 14.9 Å². The minimum Gasteiger partial charge on any atom is -0.195 e. The Balaban J connectivity index is 1.59. The molecule has 0 radical (unpaired) electrons. The number of nitrogens with zero attached hydrogens (tertiary/aromatic N) is 4. The summed E-state index contributed by atoms with van der Waals surface area (Å²) in [6.45, 7) is 2.09. The van der Waals surface area contributed by atoms with E-state index in [1.165, 1.54) is 11.1 Å². The van der Waals surface area contributed by atoms with Crippen molar-refractivity contribution in [3.05, 3.63) is 83.7 Å². The second-order valence-electron chi connectivity index (χ2n) is 5.27. The summed E-state index contributed by atoms with van der Waals surface area (Å²) in [5.41, 5.74) is 3.66.